The summed E-state index contributed by atoms with van der Waals surface area (Å²) in [4.78, 5) is 12.2. The van der Waals surface area contributed by atoms with Crippen molar-refractivity contribution >= 4 is 16.8 Å². The van der Waals surface area contributed by atoms with Gasteiger partial charge in [0.15, 0.2) is 17.2 Å². The van der Waals surface area contributed by atoms with Crippen LogP contribution in [0.1, 0.15) is 23.0 Å². The third-order valence-corrected chi connectivity index (χ3v) is 2.94. The Kier molecular flexibility index (Phi) is 2.67. The number of hydrogen-bond donors (Lipinski definition) is 0. The normalized spacial score (nSPS) is 11.1. The van der Waals surface area contributed by atoms with Crippen molar-refractivity contribution in [3.8, 4) is 0 Å². The number of para-hydroxylation sites is 1. The number of halogens is 1. The summed E-state index contributed by atoms with van der Waals surface area (Å²) in [6, 6.07) is 6.13. The van der Waals surface area contributed by atoms with Gasteiger partial charge in [-0.1, -0.05) is 12.1 Å². The van der Waals surface area contributed by atoms with Crippen LogP contribution in [-0.2, 0) is 6.54 Å². The topological polar surface area (TPSA) is 48.0 Å². The van der Waals surface area contributed by atoms with Gasteiger partial charge in [0.1, 0.15) is 0 Å². The van der Waals surface area contributed by atoms with E-state index in [2.05, 4.69) is 5.10 Å². The van der Waals surface area contributed by atoms with Gasteiger partial charge < -0.3 is 4.42 Å². The Labute approximate surface area is 108 Å². The summed E-state index contributed by atoms with van der Waals surface area (Å²) in [5.41, 5.74) is 0.537. The molecule has 1 aromatic carbocycles. The molecule has 0 fully saturated rings. The first-order valence-electron chi connectivity index (χ1n) is 5.94. The molecule has 0 saturated heterocycles. The fraction of sp³-hybridized carbons (Fsp3) is 0.143. The van der Waals surface area contributed by atoms with E-state index in [1.807, 2.05) is 6.92 Å². The van der Waals surface area contributed by atoms with Crippen molar-refractivity contribution in [1.82, 2.24) is 9.78 Å². The second-order valence-electron chi connectivity index (χ2n) is 4.18. The number of rotatable bonds is 3. The van der Waals surface area contributed by atoms with Gasteiger partial charge in [-0.05, 0) is 19.1 Å². The second-order valence-corrected chi connectivity index (χ2v) is 4.18. The van der Waals surface area contributed by atoms with Crippen LogP contribution in [-0.4, -0.2) is 15.6 Å². The summed E-state index contributed by atoms with van der Waals surface area (Å²) >= 11 is 0. The number of aromatic nitrogens is 2. The minimum absolute atomic E-state index is 0.105. The molecule has 0 aliphatic heterocycles. The van der Waals surface area contributed by atoms with E-state index in [-0.39, 0.29) is 17.1 Å². The Hall–Kier alpha value is -2.43. The van der Waals surface area contributed by atoms with Crippen LogP contribution >= 0.6 is 0 Å². The molecule has 2 aromatic heterocycles. The molecule has 19 heavy (non-hydrogen) atoms. The minimum Gasteiger partial charge on any atom is -0.449 e. The number of carbonyl (C=O) groups excluding carboxylic acids is 1. The molecule has 0 bridgehead atoms. The van der Waals surface area contributed by atoms with Crippen molar-refractivity contribution in [1.29, 1.82) is 0 Å². The van der Waals surface area contributed by atoms with Crippen molar-refractivity contribution in [3.63, 3.8) is 0 Å². The van der Waals surface area contributed by atoms with Crippen molar-refractivity contribution in [2.45, 2.75) is 13.5 Å². The molecule has 4 nitrogen and oxygen atoms in total. The molecule has 0 N–H and O–H groups in total. The highest BCUT2D eigenvalue weighted by molar-refractivity contribution is 6.08. The Morgan fingerprint density at radius 1 is 1.47 bits per heavy atom. The number of nitrogens with zero attached hydrogens (tertiary/aromatic N) is 2. The molecular formula is C14H11FN2O2. The predicted octanol–water partition coefficient (Wildman–Crippen LogP) is 3.02. The predicted molar refractivity (Wildman–Crippen MR) is 67.5 cm³/mol. The maximum absolute atomic E-state index is 13.5. The molecule has 3 rings (SSSR count). The summed E-state index contributed by atoms with van der Waals surface area (Å²) in [5.74, 6) is -0.646. The highest BCUT2D eigenvalue weighted by Gasteiger charge is 2.17. The van der Waals surface area contributed by atoms with Crippen LogP contribution in [0.5, 0.6) is 0 Å². The molecule has 5 heteroatoms. The third kappa shape index (κ3) is 1.93. The van der Waals surface area contributed by atoms with E-state index in [0.29, 0.717) is 17.5 Å². The number of benzene rings is 1. The lowest BCUT2D eigenvalue weighted by molar-refractivity contribution is 0.101. The SMILES string of the molecule is CCn1cc(C(=O)c2cc3cccc(F)c3o2)cn1. The minimum atomic E-state index is -0.471. The van der Waals surface area contributed by atoms with E-state index in [0.717, 1.165) is 0 Å². The summed E-state index contributed by atoms with van der Waals surface area (Å²) < 4.78 is 20.4. The largest absolute Gasteiger partial charge is 0.449 e. The standard InChI is InChI=1S/C14H11FN2O2/c1-2-17-8-10(7-16-17)13(18)12-6-9-4-3-5-11(15)14(9)19-12/h3-8H,2H2,1H3. The molecule has 0 spiro atoms. The summed E-state index contributed by atoms with van der Waals surface area (Å²) in [7, 11) is 0. The van der Waals surface area contributed by atoms with Crippen molar-refractivity contribution in [3.05, 3.63) is 53.8 Å². The molecule has 0 radical (unpaired) electrons. The maximum atomic E-state index is 13.5. The van der Waals surface area contributed by atoms with Crippen LogP contribution in [0.4, 0.5) is 4.39 Å². The summed E-state index contributed by atoms with van der Waals surface area (Å²) in [6.07, 6.45) is 3.13. The van der Waals surface area contributed by atoms with E-state index in [4.69, 9.17) is 4.42 Å². The van der Waals surface area contributed by atoms with Gasteiger partial charge in [-0.3, -0.25) is 9.48 Å². The molecule has 96 valence electrons. The number of carbonyl (C=O) groups is 1. The quantitative estimate of drug-likeness (QED) is 0.678. The highest BCUT2D eigenvalue weighted by Crippen LogP contribution is 2.23. The van der Waals surface area contributed by atoms with Gasteiger partial charge in [0.05, 0.1) is 11.8 Å². The Balaban J connectivity index is 2.04. The molecule has 0 saturated carbocycles. The highest BCUT2D eigenvalue weighted by atomic mass is 19.1. The first kappa shape index (κ1) is 11.6. The average Bonchev–Trinajstić information content (AvgIpc) is 3.05. The van der Waals surface area contributed by atoms with E-state index < -0.39 is 5.82 Å². The van der Waals surface area contributed by atoms with Crippen molar-refractivity contribution in [2.24, 2.45) is 0 Å². The molecule has 2 heterocycles. The van der Waals surface area contributed by atoms with E-state index in [1.54, 1.807) is 29.1 Å². The molecule has 3 aromatic rings. The fourth-order valence-electron chi connectivity index (χ4n) is 1.94. The molecular weight excluding hydrogens is 247 g/mol. The van der Waals surface area contributed by atoms with Gasteiger partial charge in [0.2, 0.25) is 5.78 Å². The zero-order valence-corrected chi connectivity index (χ0v) is 10.3. The van der Waals surface area contributed by atoms with E-state index in [1.165, 1.54) is 12.3 Å². The number of fused-ring (bicyclic) bond motifs is 1. The fourth-order valence-corrected chi connectivity index (χ4v) is 1.94. The van der Waals surface area contributed by atoms with E-state index in [9.17, 15) is 9.18 Å². The second kappa shape index (κ2) is 4.35. The maximum Gasteiger partial charge on any atom is 0.231 e. The van der Waals surface area contributed by atoms with Gasteiger partial charge in [-0.15, -0.1) is 0 Å². The lowest BCUT2D eigenvalue weighted by Gasteiger charge is -1.92. The first-order valence-corrected chi connectivity index (χ1v) is 5.94. The monoisotopic (exact) mass is 258 g/mol. The van der Waals surface area contributed by atoms with Crippen LogP contribution in [0.25, 0.3) is 11.0 Å². The Morgan fingerprint density at radius 2 is 2.32 bits per heavy atom. The van der Waals surface area contributed by atoms with Gasteiger partial charge in [0.25, 0.3) is 0 Å². The van der Waals surface area contributed by atoms with Crippen LogP contribution in [0.15, 0.2) is 41.1 Å². The number of ketones is 1. The first-order chi connectivity index (χ1) is 9.19. The Morgan fingerprint density at radius 3 is 3.00 bits per heavy atom. The van der Waals surface area contributed by atoms with Crippen LogP contribution in [0.2, 0.25) is 0 Å². The lowest BCUT2D eigenvalue weighted by Crippen LogP contribution is -1.98. The zero-order chi connectivity index (χ0) is 13.4. The van der Waals surface area contributed by atoms with Gasteiger partial charge in [0, 0.05) is 18.1 Å². The van der Waals surface area contributed by atoms with Gasteiger partial charge in [-0.25, -0.2) is 4.39 Å². The molecule has 0 atom stereocenters. The van der Waals surface area contributed by atoms with Crippen molar-refractivity contribution in [2.75, 3.05) is 0 Å². The van der Waals surface area contributed by atoms with Crippen LogP contribution < -0.4 is 0 Å². The summed E-state index contributed by atoms with van der Waals surface area (Å²) in [5, 5.41) is 4.61. The number of furan rings is 1. The molecule has 0 unspecified atom stereocenters. The number of hydrogen-bond acceptors (Lipinski definition) is 3. The van der Waals surface area contributed by atoms with Crippen LogP contribution in [0.3, 0.4) is 0 Å². The molecule has 0 aliphatic carbocycles. The smallest absolute Gasteiger partial charge is 0.231 e. The van der Waals surface area contributed by atoms with E-state index >= 15 is 0 Å². The Bertz CT molecular complexity index is 758. The third-order valence-electron chi connectivity index (χ3n) is 2.94. The van der Waals surface area contributed by atoms with Gasteiger partial charge >= 0.3 is 0 Å². The van der Waals surface area contributed by atoms with Gasteiger partial charge in [-0.2, -0.15) is 5.10 Å². The summed E-state index contributed by atoms with van der Waals surface area (Å²) in [6.45, 7) is 2.61. The average molecular weight is 258 g/mol. The molecule has 0 amide bonds. The molecule has 0 aliphatic rings. The number of aryl methyl sites for hydroxylation is 1. The van der Waals surface area contributed by atoms with Crippen molar-refractivity contribution < 1.29 is 13.6 Å². The zero-order valence-electron chi connectivity index (χ0n) is 10.3. The lowest BCUT2D eigenvalue weighted by atomic mass is 10.2. The van der Waals surface area contributed by atoms with Crippen LogP contribution in [0, 0.1) is 5.82 Å².